The fraction of sp³-hybridized carbons (Fsp3) is 0.500. The number of nitrogens with one attached hydrogen (secondary N) is 1. The molecule has 1 aromatic carbocycles. The van der Waals surface area contributed by atoms with Gasteiger partial charge in [-0.25, -0.2) is 0 Å². The average molecular weight is 232 g/mol. The number of hydrogen-bond acceptors (Lipinski definition) is 2. The van der Waals surface area contributed by atoms with Gasteiger partial charge in [0.05, 0.1) is 5.56 Å². The summed E-state index contributed by atoms with van der Waals surface area (Å²) in [5.41, 5.74) is 8.33. The largest absolute Gasteiger partial charge is 0.398 e. The molecule has 0 bridgehead atoms. The zero-order valence-corrected chi connectivity index (χ0v) is 10.7. The zero-order chi connectivity index (χ0) is 12.6. The molecule has 1 aliphatic carbocycles. The number of rotatable bonds is 3. The number of carbonyl (C=O) groups is 1. The molecule has 1 aromatic rings. The second-order valence-electron chi connectivity index (χ2n) is 5.64. The van der Waals surface area contributed by atoms with Gasteiger partial charge in [0, 0.05) is 12.2 Å². The summed E-state index contributed by atoms with van der Waals surface area (Å²) in [7, 11) is 0. The lowest BCUT2D eigenvalue weighted by Crippen LogP contribution is -2.28. The Kier molecular flexibility index (Phi) is 2.86. The molecule has 3 nitrogen and oxygen atoms in total. The number of hydrogen-bond donors (Lipinski definition) is 2. The minimum atomic E-state index is -0.0525. The van der Waals surface area contributed by atoms with Crippen molar-refractivity contribution in [2.24, 2.45) is 11.3 Å². The van der Waals surface area contributed by atoms with Crippen LogP contribution >= 0.6 is 0 Å². The van der Waals surface area contributed by atoms with Gasteiger partial charge in [0.1, 0.15) is 0 Å². The molecule has 0 spiro atoms. The fourth-order valence-electron chi connectivity index (χ4n) is 2.23. The predicted molar refractivity (Wildman–Crippen MR) is 69.8 cm³/mol. The van der Waals surface area contributed by atoms with Crippen LogP contribution in [0.5, 0.6) is 0 Å². The molecule has 1 aliphatic rings. The second kappa shape index (κ2) is 4.06. The van der Waals surface area contributed by atoms with Crippen LogP contribution in [0.2, 0.25) is 0 Å². The molecular weight excluding hydrogens is 212 g/mol. The molecule has 1 fully saturated rings. The summed E-state index contributed by atoms with van der Waals surface area (Å²) in [5, 5.41) is 2.98. The number of amides is 1. The third-order valence-electron chi connectivity index (χ3n) is 3.76. The van der Waals surface area contributed by atoms with Crippen LogP contribution in [0.15, 0.2) is 18.2 Å². The van der Waals surface area contributed by atoms with Gasteiger partial charge in [-0.1, -0.05) is 26.0 Å². The molecule has 1 amide bonds. The summed E-state index contributed by atoms with van der Waals surface area (Å²) in [6.07, 6.45) is 1.19. The molecule has 1 atom stereocenters. The highest BCUT2D eigenvalue weighted by Gasteiger charge is 2.45. The topological polar surface area (TPSA) is 55.1 Å². The van der Waals surface area contributed by atoms with Crippen molar-refractivity contribution in [2.75, 3.05) is 12.3 Å². The first-order valence-electron chi connectivity index (χ1n) is 6.05. The van der Waals surface area contributed by atoms with Crippen LogP contribution in [0.3, 0.4) is 0 Å². The van der Waals surface area contributed by atoms with E-state index in [2.05, 4.69) is 19.2 Å². The number of aryl methyl sites for hydroxylation is 1. The van der Waals surface area contributed by atoms with Crippen molar-refractivity contribution in [1.82, 2.24) is 5.32 Å². The standard InChI is InChI=1S/C14H20N2O/c1-9-5-4-6-11(15)12(9)13(17)16-8-10-7-14(10,2)3/h4-6,10H,7-8,15H2,1-3H3,(H,16,17). The van der Waals surface area contributed by atoms with Gasteiger partial charge >= 0.3 is 0 Å². The first kappa shape index (κ1) is 12.0. The van der Waals surface area contributed by atoms with E-state index in [9.17, 15) is 4.79 Å². The molecule has 3 N–H and O–H groups in total. The van der Waals surface area contributed by atoms with Crippen molar-refractivity contribution in [2.45, 2.75) is 27.2 Å². The van der Waals surface area contributed by atoms with Gasteiger partial charge in [0.25, 0.3) is 5.91 Å². The van der Waals surface area contributed by atoms with Crippen LogP contribution in [0.1, 0.15) is 36.2 Å². The molecule has 0 aliphatic heterocycles. The molecule has 1 unspecified atom stereocenters. The Morgan fingerprint density at radius 1 is 1.53 bits per heavy atom. The van der Waals surface area contributed by atoms with E-state index in [0.717, 1.165) is 12.1 Å². The lowest BCUT2D eigenvalue weighted by Gasteiger charge is -2.10. The van der Waals surface area contributed by atoms with Crippen LogP contribution in [0.4, 0.5) is 5.69 Å². The third kappa shape index (κ3) is 2.43. The van der Waals surface area contributed by atoms with Crippen molar-refractivity contribution < 1.29 is 4.79 Å². The Bertz CT molecular complexity index is 431. The molecule has 1 saturated carbocycles. The van der Waals surface area contributed by atoms with Crippen LogP contribution in [0.25, 0.3) is 0 Å². The van der Waals surface area contributed by atoms with Crippen LogP contribution in [-0.4, -0.2) is 12.5 Å². The van der Waals surface area contributed by atoms with E-state index >= 15 is 0 Å². The van der Waals surface area contributed by atoms with E-state index < -0.39 is 0 Å². The average Bonchev–Trinajstić information content (AvgIpc) is 2.83. The zero-order valence-electron chi connectivity index (χ0n) is 10.7. The second-order valence-corrected chi connectivity index (χ2v) is 5.64. The molecule has 2 rings (SSSR count). The van der Waals surface area contributed by atoms with Crippen molar-refractivity contribution in [1.29, 1.82) is 0 Å². The van der Waals surface area contributed by atoms with E-state index in [4.69, 9.17) is 5.73 Å². The summed E-state index contributed by atoms with van der Waals surface area (Å²) in [5.74, 6) is 0.556. The maximum atomic E-state index is 12.0. The first-order valence-corrected chi connectivity index (χ1v) is 6.05. The van der Waals surface area contributed by atoms with E-state index in [-0.39, 0.29) is 5.91 Å². The number of nitrogen functional groups attached to an aromatic ring is 1. The first-order chi connectivity index (χ1) is 7.92. The Labute approximate surface area is 102 Å². The normalized spacial score (nSPS) is 21.0. The van der Waals surface area contributed by atoms with Gasteiger partial charge < -0.3 is 11.1 Å². The smallest absolute Gasteiger partial charge is 0.253 e. The van der Waals surface area contributed by atoms with Gasteiger partial charge in [-0.3, -0.25) is 4.79 Å². The number of carbonyl (C=O) groups excluding carboxylic acids is 1. The van der Waals surface area contributed by atoms with E-state index in [1.54, 1.807) is 6.07 Å². The maximum absolute atomic E-state index is 12.0. The fourth-order valence-corrected chi connectivity index (χ4v) is 2.23. The van der Waals surface area contributed by atoms with Gasteiger partial charge in [0.15, 0.2) is 0 Å². The number of benzene rings is 1. The number of anilines is 1. The van der Waals surface area contributed by atoms with E-state index in [0.29, 0.717) is 22.6 Å². The molecule has 17 heavy (non-hydrogen) atoms. The quantitative estimate of drug-likeness (QED) is 0.786. The third-order valence-corrected chi connectivity index (χ3v) is 3.76. The summed E-state index contributed by atoms with van der Waals surface area (Å²) in [4.78, 5) is 12.0. The summed E-state index contributed by atoms with van der Waals surface area (Å²) < 4.78 is 0. The Hall–Kier alpha value is -1.51. The molecular formula is C14H20N2O. The lowest BCUT2D eigenvalue weighted by molar-refractivity contribution is 0.0951. The van der Waals surface area contributed by atoms with Crippen molar-refractivity contribution >= 4 is 11.6 Å². The van der Waals surface area contributed by atoms with Gasteiger partial charge in [-0.15, -0.1) is 0 Å². The lowest BCUT2D eigenvalue weighted by atomic mass is 10.1. The minimum Gasteiger partial charge on any atom is -0.398 e. The molecule has 0 aromatic heterocycles. The molecule has 92 valence electrons. The minimum absolute atomic E-state index is 0.0525. The highest BCUT2D eigenvalue weighted by atomic mass is 16.1. The summed E-state index contributed by atoms with van der Waals surface area (Å²) in [6, 6.07) is 5.54. The molecule has 0 heterocycles. The summed E-state index contributed by atoms with van der Waals surface area (Å²) in [6.45, 7) is 7.11. The number of nitrogens with two attached hydrogens (primary N) is 1. The molecule has 3 heteroatoms. The van der Waals surface area contributed by atoms with E-state index in [1.165, 1.54) is 6.42 Å². The predicted octanol–water partition coefficient (Wildman–Crippen LogP) is 2.35. The monoisotopic (exact) mass is 232 g/mol. The maximum Gasteiger partial charge on any atom is 0.253 e. The highest BCUT2D eigenvalue weighted by molar-refractivity contribution is 6.00. The molecule has 0 radical (unpaired) electrons. The van der Waals surface area contributed by atoms with Crippen molar-refractivity contribution in [3.8, 4) is 0 Å². The molecule has 0 saturated heterocycles. The Balaban J connectivity index is 2.01. The van der Waals surface area contributed by atoms with Gasteiger partial charge in [0.2, 0.25) is 0 Å². The van der Waals surface area contributed by atoms with Gasteiger partial charge in [-0.05, 0) is 36.3 Å². The van der Waals surface area contributed by atoms with Crippen molar-refractivity contribution in [3.63, 3.8) is 0 Å². The summed E-state index contributed by atoms with van der Waals surface area (Å²) >= 11 is 0. The Morgan fingerprint density at radius 3 is 2.71 bits per heavy atom. The SMILES string of the molecule is Cc1cccc(N)c1C(=O)NCC1CC1(C)C. The van der Waals surface area contributed by atoms with Gasteiger partial charge in [-0.2, -0.15) is 0 Å². The van der Waals surface area contributed by atoms with Crippen LogP contribution in [-0.2, 0) is 0 Å². The van der Waals surface area contributed by atoms with Crippen LogP contribution in [0, 0.1) is 18.3 Å². The highest BCUT2D eigenvalue weighted by Crippen LogP contribution is 2.50. The van der Waals surface area contributed by atoms with Crippen LogP contribution < -0.4 is 11.1 Å². The van der Waals surface area contributed by atoms with E-state index in [1.807, 2.05) is 19.1 Å². The van der Waals surface area contributed by atoms with Crippen molar-refractivity contribution in [3.05, 3.63) is 29.3 Å². The Morgan fingerprint density at radius 2 is 2.18 bits per heavy atom.